The first kappa shape index (κ1) is 15.4. The Morgan fingerprint density at radius 2 is 1.89 bits per heavy atom. The third-order valence-electron chi connectivity index (χ3n) is 3.15. The first-order valence-electron chi connectivity index (χ1n) is 7.03. The number of hydrogen-bond donors (Lipinski definition) is 1. The molecule has 1 saturated heterocycles. The number of rotatable bonds is 6. The number of carbonyl (C=O) groups is 1. The summed E-state index contributed by atoms with van der Waals surface area (Å²) < 4.78 is 0. The molecular weight excluding hydrogens is 228 g/mol. The van der Waals surface area contributed by atoms with Gasteiger partial charge in [-0.05, 0) is 24.7 Å². The van der Waals surface area contributed by atoms with Crippen molar-refractivity contribution in [2.75, 3.05) is 39.3 Å². The second-order valence-electron chi connectivity index (χ2n) is 6.44. The maximum absolute atomic E-state index is 12.1. The van der Waals surface area contributed by atoms with Gasteiger partial charge in [0.15, 0.2) is 0 Å². The molecule has 0 radical (unpaired) electrons. The molecule has 0 saturated carbocycles. The molecule has 1 rings (SSSR count). The maximum atomic E-state index is 12.1. The molecule has 1 aliphatic rings. The van der Waals surface area contributed by atoms with Crippen LogP contribution in [0.2, 0.25) is 0 Å². The number of nitrogens with zero attached hydrogens (tertiary/aromatic N) is 2. The summed E-state index contributed by atoms with van der Waals surface area (Å²) in [6, 6.07) is 0. The fourth-order valence-corrected chi connectivity index (χ4v) is 2.44. The highest BCUT2D eigenvalue weighted by Crippen LogP contribution is 2.16. The molecule has 1 aliphatic heterocycles. The van der Waals surface area contributed by atoms with Crippen molar-refractivity contribution < 1.29 is 9.90 Å². The van der Waals surface area contributed by atoms with Crippen LogP contribution in [-0.4, -0.2) is 60.1 Å². The number of likely N-dealkylation sites (tertiary alicyclic amines) is 1. The largest absolute Gasteiger partial charge is 0.396 e. The minimum atomic E-state index is 0.181. The van der Waals surface area contributed by atoms with E-state index < -0.39 is 0 Å². The fourth-order valence-electron chi connectivity index (χ4n) is 2.44. The number of aliphatic hydroxyl groups excluding tert-OH is 1. The first-order chi connectivity index (χ1) is 8.42. The fraction of sp³-hybridized carbons (Fsp3) is 0.929. The molecule has 0 aromatic rings. The minimum absolute atomic E-state index is 0.181. The molecule has 1 heterocycles. The molecule has 0 spiro atoms. The number of carbonyl (C=O) groups excluding carboxylic acids is 1. The van der Waals surface area contributed by atoms with E-state index in [9.17, 15) is 4.79 Å². The van der Waals surface area contributed by atoms with Crippen LogP contribution in [-0.2, 0) is 4.79 Å². The summed E-state index contributed by atoms with van der Waals surface area (Å²) in [4.78, 5) is 16.3. The lowest BCUT2D eigenvalue weighted by molar-refractivity contribution is -0.131. The van der Waals surface area contributed by atoms with Gasteiger partial charge >= 0.3 is 0 Å². The highest BCUT2D eigenvalue weighted by Gasteiger charge is 2.23. The normalized spacial score (nSPS) is 16.6. The third-order valence-corrected chi connectivity index (χ3v) is 3.15. The zero-order valence-corrected chi connectivity index (χ0v) is 12.1. The van der Waals surface area contributed by atoms with E-state index in [1.807, 2.05) is 4.90 Å². The molecular formula is C14H28N2O2. The Morgan fingerprint density at radius 1 is 1.28 bits per heavy atom. The summed E-state index contributed by atoms with van der Waals surface area (Å²) in [5, 5.41) is 8.94. The average Bonchev–Trinajstić information content (AvgIpc) is 2.77. The second kappa shape index (κ2) is 7.10. The number of hydrogen-bond acceptors (Lipinski definition) is 3. The Balaban J connectivity index is 2.45. The molecule has 18 heavy (non-hydrogen) atoms. The van der Waals surface area contributed by atoms with E-state index >= 15 is 0 Å². The predicted octanol–water partition coefficient (Wildman–Crippen LogP) is 1.34. The monoisotopic (exact) mass is 256 g/mol. The predicted molar refractivity (Wildman–Crippen MR) is 73.4 cm³/mol. The van der Waals surface area contributed by atoms with E-state index in [1.54, 1.807) is 0 Å². The van der Waals surface area contributed by atoms with Crippen LogP contribution < -0.4 is 0 Å². The zero-order chi connectivity index (χ0) is 13.6. The van der Waals surface area contributed by atoms with Crippen molar-refractivity contribution in [2.45, 2.75) is 40.0 Å². The standard InChI is InChI=1S/C14H28N2O2/c1-14(2,3)12-15(7-6-10-17)11-13(18)16-8-4-5-9-16/h17H,4-12H2,1-3H3. The summed E-state index contributed by atoms with van der Waals surface area (Å²) in [5.41, 5.74) is 0.181. The lowest BCUT2D eigenvalue weighted by atomic mass is 9.96. The van der Waals surface area contributed by atoms with Crippen molar-refractivity contribution in [1.82, 2.24) is 9.80 Å². The van der Waals surface area contributed by atoms with Crippen molar-refractivity contribution in [3.05, 3.63) is 0 Å². The van der Waals surface area contributed by atoms with Gasteiger partial charge in [-0.1, -0.05) is 20.8 Å². The van der Waals surface area contributed by atoms with Crippen LogP contribution in [0.5, 0.6) is 0 Å². The molecule has 1 amide bonds. The summed E-state index contributed by atoms with van der Waals surface area (Å²) in [5.74, 6) is 0.245. The molecule has 0 aliphatic carbocycles. The SMILES string of the molecule is CC(C)(C)CN(CCCO)CC(=O)N1CCCC1. The van der Waals surface area contributed by atoms with E-state index in [4.69, 9.17) is 5.11 Å². The Bertz CT molecular complexity index is 255. The highest BCUT2D eigenvalue weighted by molar-refractivity contribution is 5.78. The van der Waals surface area contributed by atoms with Gasteiger partial charge in [0.1, 0.15) is 0 Å². The van der Waals surface area contributed by atoms with Gasteiger partial charge in [-0.2, -0.15) is 0 Å². The van der Waals surface area contributed by atoms with Gasteiger partial charge in [0, 0.05) is 32.8 Å². The van der Waals surface area contributed by atoms with Crippen molar-refractivity contribution in [3.8, 4) is 0 Å². The van der Waals surface area contributed by atoms with Crippen LogP contribution in [0.4, 0.5) is 0 Å². The lowest BCUT2D eigenvalue weighted by Crippen LogP contribution is -2.42. The van der Waals surface area contributed by atoms with Crippen LogP contribution in [0.15, 0.2) is 0 Å². The van der Waals surface area contributed by atoms with E-state index in [0.29, 0.717) is 6.54 Å². The van der Waals surface area contributed by atoms with Crippen LogP contribution >= 0.6 is 0 Å². The first-order valence-corrected chi connectivity index (χ1v) is 7.03. The summed E-state index contributed by atoms with van der Waals surface area (Å²) in [6.07, 6.45) is 3.02. The van der Waals surface area contributed by atoms with Crippen LogP contribution in [0.3, 0.4) is 0 Å². The van der Waals surface area contributed by atoms with Gasteiger partial charge in [-0.25, -0.2) is 0 Å². The Kier molecular flexibility index (Phi) is 6.09. The molecule has 1 fully saturated rings. The Hall–Kier alpha value is -0.610. The van der Waals surface area contributed by atoms with Gasteiger partial charge in [0.25, 0.3) is 0 Å². The summed E-state index contributed by atoms with van der Waals surface area (Å²) in [6.45, 7) is 10.8. The van der Waals surface area contributed by atoms with Gasteiger partial charge < -0.3 is 10.0 Å². The molecule has 4 nitrogen and oxygen atoms in total. The van der Waals surface area contributed by atoms with E-state index in [-0.39, 0.29) is 17.9 Å². The van der Waals surface area contributed by atoms with Crippen molar-refractivity contribution in [3.63, 3.8) is 0 Å². The smallest absolute Gasteiger partial charge is 0.236 e. The molecule has 1 N–H and O–H groups in total. The zero-order valence-electron chi connectivity index (χ0n) is 12.1. The van der Waals surface area contributed by atoms with Crippen LogP contribution in [0, 0.1) is 5.41 Å². The molecule has 0 bridgehead atoms. The van der Waals surface area contributed by atoms with Gasteiger partial charge in [0.2, 0.25) is 5.91 Å². The molecule has 0 unspecified atom stereocenters. The summed E-state index contributed by atoms with van der Waals surface area (Å²) in [7, 11) is 0. The summed E-state index contributed by atoms with van der Waals surface area (Å²) >= 11 is 0. The minimum Gasteiger partial charge on any atom is -0.396 e. The Morgan fingerprint density at radius 3 is 2.39 bits per heavy atom. The maximum Gasteiger partial charge on any atom is 0.236 e. The van der Waals surface area contributed by atoms with Gasteiger partial charge in [0.05, 0.1) is 6.54 Å². The quantitative estimate of drug-likeness (QED) is 0.780. The van der Waals surface area contributed by atoms with Crippen LogP contribution in [0.1, 0.15) is 40.0 Å². The number of amides is 1. The van der Waals surface area contributed by atoms with E-state index in [2.05, 4.69) is 25.7 Å². The molecule has 4 heteroatoms. The van der Waals surface area contributed by atoms with Crippen molar-refractivity contribution >= 4 is 5.91 Å². The Labute approximate surface area is 111 Å². The topological polar surface area (TPSA) is 43.8 Å². The molecule has 0 aromatic heterocycles. The molecule has 106 valence electrons. The van der Waals surface area contributed by atoms with E-state index in [1.165, 1.54) is 0 Å². The lowest BCUT2D eigenvalue weighted by Gasteiger charge is -2.30. The third kappa shape index (κ3) is 5.83. The van der Waals surface area contributed by atoms with Gasteiger partial charge in [-0.3, -0.25) is 9.69 Å². The van der Waals surface area contributed by atoms with Gasteiger partial charge in [-0.15, -0.1) is 0 Å². The van der Waals surface area contributed by atoms with Crippen molar-refractivity contribution in [1.29, 1.82) is 0 Å². The highest BCUT2D eigenvalue weighted by atomic mass is 16.3. The second-order valence-corrected chi connectivity index (χ2v) is 6.44. The van der Waals surface area contributed by atoms with E-state index in [0.717, 1.165) is 45.4 Å². The molecule has 0 aromatic carbocycles. The number of aliphatic hydroxyl groups is 1. The molecule has 0 atom stereocenters. The van der Waals surface area contributed by atoms with Crippen molar-refractivity contribution in [2.24, 2.45) is 5.41 Å². The van der Waals surface area contributed by atoms with Crippen LogP contribution in [0.25, 0.3) is 0 Å². The average molecular weight is 256 g/mol.